The van der Waals surface area contributed by atoms with E-state index in [0.717, 1.165) is 11.1 Å². The summed E-state index contributed by atoms with van der Waals surface area (Å²) in [6.07, 6.45) is 0.672. The maximum Gasteiger partial charge on any atom is 0.172 e. The number of halogens is 1. The molecule has 0 amide bonds. The Bertz CT molecular complexity index is 829. The molecule has 0 fully saturated rings. The minimum absolute atomic E-state index is 0.437. The van der Waals surface area contributed by atoms with Gasteiger partial charge in [-0.15, -0.1) is 10.2 Å². The molecule has 1 aromatic heterocycles. The Hall–Kier alpha value is -2.60. The normalized spacial score (nSPS) is 12.0. The van der Waals surface area contributed by atoms with Crippen molar-refractivity contribution >= 4 is 34.0 Å². The molecular formula is C17H17ClN4O2. The van der Waals surface area contributed by atoms with Gasteiger partial charge in [-0.05, 0) is 29.8 Å². The third-order valence-electron chi connectivity index (χ3n) is 3.45. The van der Waals surface area contributed by atoms with Crippen molar-refractivity contribution in [3.05, 3.63) is 42.5 Å². The Labute approximate surface area is 144 Å². The van der Waals surface area contributed by atoms with Crippen LogP contribution in [0.2, 0.25) is 0 Å². The zero-order valence-electron chi connectivity index (χ0n) is 13.4. The second-order valence-electron chi connectivity index (χ2n) is 5.09. The maximum absolute atomic E-state index is 6.08. The summed E-state index contributed by atoms with van der Waals surface area (Å²) in [5.74, 6) is 1.68. The van der Waals surface area contributed by atoms with Gasteiger partial charge in [0.1, 0.15) is 5.52 Å². The van der Waals surface area contributed by atoms with E-state index in [1.807, 2.05) is 43.3 Å². The molecule has 7 heteroatoms. The van der Waals surface area contributed by atoms with Gasteiger partial charge in [0.05, 0.1) is 12.5 Å². The predicted octanol–water partition coefficient (Wildman–Crippen LogP) is 4.13. The SMILES string of the molecule is CCC(Cl)Oc1cc2nnnc(Nc3ccccc3)c2cc1OC. The molecular weight excluding hydrogens is 328 g/mol. The molecule has 6 nitrogen and oxygen atoms in total. The lowest BCUT2D eigenvalue weighted by molar-refractivity contribution is 0.261. The summed E-state index contributed by atoms with van der Waals surface area (Å²) < 4.78 is 11.1. The number of nitrogens with one attached hydrogen (secondary N) is 1. The van der Waals surface area contributed by atoms with Crippen LogP contribution in [0.15, 0.2) is 42.5 Å². The summed E-state index contributed by atoms with van der Waals surface area (Å²) in [7, 11) is 1.58. The smallest absolute Gasteiger partial charge is 0.172 e. The number of hydrogen-bond acceptors (Lipinski definition) is 6. The van der Waals surface area contributed by atoms with Crippen molar-refractivity contribution in [2.75, 3.05) is 12.4 Å². The summed E-state index contributed by atoms with van der Waals surface area (Å²) >= 11 is 6.08. The van der Waals surface area contributed by atoms with Crippen LogP contribution in [-0.2, 0) is 0 Å². The molecule has 124 valence electrons. The van der Waals surface area contributed by atoms with Gasteiger partial charge in [-0.25, -0.2) is 0 Å². The number of hydrogen-bond donors (Lipinski definition) is 1. The number of para-hydroxylation sites is 1. The Morgan fingerprint density at radius 2 is 1.92 bits per heavy atom. The number of aromatic nitrogens is 3. The lowest BCUT2D eigenvalue weighted by atomic mass is 10.2. The number of nitrogens with zero attached hydrogens (tertiary/aromatic N) is 3. The third-order valence-corrected chi connectivity index (χ3v) is 3.84. The average molecular weight is 345 g/mol. The minimum Gasteiger partial charge on any atom is -0.493 e. The Morgan fingerprint density at radius 1 is 1.12 bits per heavy atom. The highest BCUT2D eigenvalue weighted by molar-refractivity contribution is 6.19. The Kier molecular flexibility index (Phi) is 4.96. The summed E-state index contributed by atoms with van der Waals surface area (Å²) in [6.45, 7) is 1.94. The fourth-order valence-corrected chi connectivity index (χ4v) is 2.31. The van der Waals surface area contributed by atoms with Crippen molar-refractivity contribution in [3.63, 3.8) is 0 Å². The Balaban J connectivity index is 2.03. The minimum atomic E-state index is -0.437. The molecule has 24 heavy (non-hydrogen) atoms. The first-order valence-corrected chi connectivity index (χ1v) is 7.98. The van der Waals surface area contributed by atoms with Gasteiger partial charge in [-0.3, -0.25) is 0 Å². The molecule has 1 heterocycles. The molecule has 0 saturated heterocycles. The number of methoxy groups -OCH3 is 1. The van der Waals surface area contributed by atoms with E-state index in [4.69, 9.17) is 21.1 Å². The van der Waals surface area contributed by atoms with Gasteiger partial charge < -0.3 is 14.8 Å². The number of anilines is 2. The van der Waals surface area contributed by atoms with Crippen LogP contribution in [0.4, 0.5) is 11.5 Å². The van der Waals surface area contributed by atoms with E-state index >= 15 is 0 Å². The van der Waals surface area contributed by atoms with Crippen LogP contribution in [0, 0.1) is 0 Å². The predicted molar refractivity (Wildman–Crippen MR) is 94.2 cm³/mol. The van der Waals surface area contributed by atoms with Gasteiger partial charge in [0.15, 0.2) is 22.9 Å². The van der Waals surface area contributed by atoms with Crippen molar-refractivity contribution in [1.29, 1.82) is 0 Å². The molecule has 0 aliphatic rings. The second kappa shape index (κ2) is 7.31. The molecule has 0 aliphatic carbocycles. The largest absolute Gasteiger partial charge is 0.493 e. The molecule has 0 radical (unpaired) electrons. The second-order valence-corrected chi connectivity index (χ2v) is 5.57. The topological polar surface area (TPSA) is 69.2 Å². The first-order valence-electron chi connectivity index (χ1n) is 7.55. The summed E-state index contributed by atoms with van der Waals surface area (Å²) in [5.41, 5.74) is 1.11. The average Bonchev–Trinajstić information content (AvgIpc) is 2.62. The molecule has 1 unspecified atom stereocenters. The summed E-state index contributed by atoms with van der Waals surface area (Å²) in [5, 5.41) is 16.0. The van der Waals surface area contributed by atoms with Crippen molar-refractivity contribution in [3.8, 4) is 11.5 Å². The van der Waals surface area contributed by atoms with E-state index in [-0.39, 0.29) is 0 Å². The number of benzene rings is 2. The lowest BCUT2D eigenvalue weighted by Gasteiger charge is -2.15. The standard InChI is InChI=1S/C17H17ClN4O2/c1-3-16(18)24-15-10-13-12(9-14(15)23-2)17(21-22-20-13)19-11-7-5-4-6-8-11/h4-10,16H,3H2,1-2H3,(H,19,20,21). The van der Waals surface area contributed by atoms with Crippen LogP contribution in [0.5, 0.6) is 11.5 Å². The van der Waals surface area contributed by atoms with Gasteiger partial charge in [0.25, 0.3) is 0 Å². The van der Waals surface area contributed by atoms with Crippen LogP contribution in [0.3, 0.4) is 0 Å². The molecule has 2 aromatic carbocycles. The van der Waals surface area contributed by atoms with Crippen LogP contribution >= 0.6 is 11.6 Å². The maximum atomic E-state index is 6.08. The number of fused-ring (bicyclic) bond motifs is 1. The summed E-state index contributed by atoms with van der Waals surface area (Å²) in [4.78, 5) is 0. The van der Waals surface area contributed by atoms with Gasteiger partial charge in [0.2, 0.25) is 0 Å². The van der Waals surface area contributed by atoms with E-state index in [1.165, 1.54) is 0 Å². The summed E-state index contributed by atoms with van der Waals surface area (Å²) in [6, 6.07) is 13.3. The zero-order valence-corrected chi connectivity index (χ0v) is 14.1. The van der Waals surface area contributed by atoms with Crippen LogP contribution < -0.4 is 14.8 Å². The van der Waals surface area contributed by atoms with Gasteiger partial charge in [0, 0.05) is 11.8 Å². The number of rotatable bonds is 6. The molecule has 3 aromatic rings. The highest BCUT2D eigenvalue weighted by Crippen LogP contribution is 2.35. The quantitative estimate of drug-likeness (QED) is 0.678. The van der Waals surface area contributed by atoms with Gasteiger partial charge in [-0.1, -0.05) is 36.7 Å². The van der Waals surface area contributed by atoms with Crippen molar-refractivity contribution in [1.82, 2.24) is 15.4 Å². The fourth-order valence-electron chi connectivity index (χ4n) is 2.21. The molecule has 0 bridgehead atoms. The number of ether oxygens (including phenoxy) is 2. The van der Waals surface area contributed by atoms with Gasteiger partial charge >= 0.3 is 0 Å². The molecule has 3 rings (SSSR count). The molecule has 0 spiro atoms. The van der Waals surface area contributed by atoms with E-state index in [9.17, 15) is 0 Å². The first-order chi connectivity index (χ1) is 11.7. The van der Waals surface area contributed by atoms with Crippen molar-refractivity contribution in [2.24, 2.45) is 0 Å². The monoisotopic (exact) mass is 344 g/mol. The number of alkyl halides is 1. The highest BCUT2D eigenvalue weighted by atomic mass is 35.5. The van der Waals surface area contributed by atoms with E-state index in [0.29, 0.717) is 29.3 Å². The highest BCUT2D eigenvalue weighted by Gasteiger charge is 2.14. The third kappa shape index (κ3) is 3.49. The van der Waals surface area contributed by atoms with Crippen molar-refractivity contribution in [2.45, 2.75) is 18.9 Å². The molecule has 0 saturated carbocycles. The molecule has 1 N–H and O–H groups in total. The van der Waals surface area contributed by atoms with Crippen LogP contribution in [0.25, 0.3) is 10.9 Å². The van der Waals surface area contributed by atoms with E-state index < -0.39 is 5.56 Å². The first kappa shape index (κ1) is 16.3. The van der Waals surface area contributed by atoms with E-state index in [2.05, 4.69) is 20.7 Å². The fraction of sp³-hybridized carbons (Fsp3) is 0.235. The van der Waals surface area contributed by atoms with Crippen molar-refractivity contribution < 1.29 is 9.47 Å². The van der Waals surface area contributed by atoms with E-state index in [1.54, 1.807) is 13.2 Å². The molecule has 1 atom stereocenters. The lowest BCUT2D eigenvalue weighted by Crippen LogP contribution is -2.08. The van der Waals surface area contributed by atoms with Crippen LogP contribution in [-0.4, -0.2) is 28.1 Å². The zero-order chi connectivity index (χ0) is 16.9. The van der Waals surface area contributed by atoms with Crippen LogP contribution in [0.1, 0.15) is 13.3 Å². The van der Waals surface area contributed by atoms with Gasteiger partial charge in [-0.2, -0.15) is 0 Å². The Morgan fingerprint density at radius 3 is 2.62 bits per heavy atom. The molecule has 0 aliphatic heterocycles.